The summed E-state index contributed by atoms with van der Waals surface area (Å²) in [6, 6.07) is 3.75. The van der Waals surface area contributed by atoms with Crippen LogP contribution in [-0.4, -0.2) is 41.7 Å². The molecule has 5 nitrogen and oxygen atoms in total. The Labute approximate surface area is 149 Å². The van der Waals surface area contributed by atoms with Crippen molar-refractivity contribution in [3.63, 3.8) is 0 Å². The molecule has 140 valence electrons. The van der Waals surface area contributed by atoms with E-state index in [0.717, 1.165) is 28.4 Å². The molecule has 1 heterocycles. The topological polar surface area (TPSA) is 57.7 Å². The minimum atomic E-state index is -4.54. The summed E-state index contributed by atoms with van der Waals surface area (Å²) in [4.78, 5) is 38.5. The molecule has 1 fully saturated rings. The van der Waals surface area contributed by atoms with Crippen molar-refractivity contribution >= 4 is 23.4 Å². The predicted molar refractivity (Wildman–Crippen MR) is 88.8 cm³/mol. The zero-order chi connectivity index (χ0) is 19.6. The maximum absolute atomic E-state index is 13.0. The van der Waals surface area contributed by atoms with Gasteiger partial charge in [0, 0.05) is 14.1 Å². The highest BCUT2D eigenvalue weighted by Crippen LogP contribution is 2.34. The number of rotatable bonds is 4. The maximum atomic E-state index is 13.0. The zero-order valence-electron chi connectivity index (χ0n) is 14.7. The van der Waals surface area contributed by atoms with E-state index >= 15 is 0 Å². The van der Waals surface area contributed by atoms with Crippen LogP contribution in [0.2, 0.25) is 0 Å². The van der Waals surface area contributed by atoms with Gasteiger partial charge in [0.2, 0.25) is 0 Å². The molecule has 0 bridgehead atoms. The molecule has 1 saturated heterocycles. The van der Waals surface area contributed by atoms with Gasteiger partial charge in [-0.25, -0.2) is 4.79 Å². The molecule has 1 aliphatic heterocycles. The highest BCUT2D eigenvalue weighted by atomic mass is 19.4. The molecule has 2 rings (SSSR count). The number of likely N-dealkylation sites (N-methyl/N-ethyl adjacent to an activating group) is 2. The number of barbiturate groups is 1. The van der Waals surface area contributed by atoms with Crippen LogP contribution in [0.5, 0.6) is 0 Å². The molecular formula is C18H19F3N2O3. The van der Waals surface area contributed by atoms with Crippen LogP contribution >= 0.6 is 0 Å². The van der Waals surface area contributed by atoms with Gasteiger partial charge in [-0.1, -0.05) is 25.5 Å². The lowest BCUT2D eigenvalue weighted by Gasteiger charge is -2.30. The first-order valence-electron chi connectivity index (χ1n) is 8.10. The molecule has 26 heavy (non-hydrogen) atoms. The fourth-order valence-corrected chi connectivity index (χ4v) is 2.73. The summed E-state index contributed by atoms with van der Waals surface area (Å²) < 4.78 is 39.1. The number of hydrogen-bond donors (Lipinski definition) is 0. The predicted octanol–water partition coefficient (Wildman–Crippen LogP) is 3.70. The van der Waals surface area contributed by atoms with Crippen molar-refractivity contribution in [2.45, 2.75) is 32.4 Å². The Morgan fingerprint density at radius 2 is 1.62 bits per heavy atom. The van der Waals surface area contributed by atoms with E-state index in [-0.39, 0.29) is 23.1 Å². The molecule has 0 N–H and O–H groups in total. The Morgan fingerprint density at radius 3 is 2.12 bits per heavy atom. The van der Waals surface area contributed by atoms with Crippen molar-refractivity contribution in [3.8, 4) is 0 Å². The molecule has 0 unspecified atom stereocenters. The van der Waals surface area contributed by atoms with Crippen LogP contribution < -0.4 is 0 Å². The van der Waals surface area contributed by atoms with E-state index in [2.05, 4.69) is 0 Å². The summed E-state index contributed by atoms with van der Waals surface area (Å²) in [7, 11) is 2.47. The fraction of sp³-hybridized carbons (Fsp3) is 0.389. The Bertz CT molecular complexity index is 758. The number of nitrogens with zero attached hydrogens (tertiary/aromatic N) is 2. The highest BCUT2D eigenvalue weighted by Gasteiger charge is 2.40. The number of halogens is 3. The van der Waals surface area contributed by atoms with Crippen molar-refractivity contribution in [1.29, 1.82) is 0 Å². The van der Waals surface area contributed by atoms with E-state index in [1.165, 1.54) is 26.2 Å². The highest BCUT2D eigenvalue weighted by molar-refractivity contribution is 6.32. The number of alkyl halides is 3. The van der Waals surface area contributed by atoms with Crippen LogP contribution in [0.3, 0.4) is 0 Å². The molecule has 8 heteroatoms. The van der Waals surface area contributed by atoms with Gasteiger partial charge in [-0.05, 0) is 36.1 Å². The Kier molecular flexibility index (Phi) is 5.53. The van der Waals surface area contributed by atoms with Crippen molar-refractivity contribution in [3.05, 3.63) is 41.0 Å². The van der Waals surface area contributed by atoms with E-state index in [1.54, 1.807) is 0 Å². The van der Waals surface area contributed by atoms with Crippen LogP contribution in [0.15, 0.2) is 29.8 Å². The lowest BCUT2D eigenvalue weighted by Crippen LogP contribution is -2.53. The third-order valence-corrected chi connectivity index (χ3v) is 4.23. The van der Waals surface area contributed by atoms with Gasteiger partial charge in [-0.3, -0.25) is 19.4 Å². The SMILES string of the molecule is CCCCC(=C1C(=O)N(C)C(=O)N(C)C1=O)c1cccc(C(F)(F)F)c1. The first kappa shape index (κ1) is 19.7. The summed E-state index contributed by atoms with van der Waals surface area (Å²) >= 11 is 0. The number of benzene rings is 1. The van der Waals surface area contributed by atoms with Crippen LogP contribution in [-0.2, 0) is 15.8 Å². The molecule has 0 spiro atoms. The van der Waals surface area contributed by atoms with Gasteiger partial charge in [0.1, 0.15) is 5.57 Å². The van der Waals surface area contributed by atoms with E-state index in [0.29, 0.717) is 6.42 Å². The van der Waals surface area contributed by atoms with Gasteiger partial charge >= 0.3 is 12.2 Å². The van der Waals surface area contributed by atoms with E-state index in [4.69, 9.17) is 0 Å². The average molecular weight is 368 g/mol. The van der Waals surface area contributed by atoms with Crippen molar-refractivity contribution in [2.75, 3.05) is 14.1 Å². The molecule has 0 atom stereocenters. The number of amides is 4. The smallest absolute Gasteiger partial charge is 0.268 e. The molecule has 1 aromatic carbocycles. The normalized spacial score (nSPS) is 15.8. The second-order valence-corrected chi connectivity index (χ2v) is 6.05. The van der Waals surface area contributed by atoms with Gasteiger partial charge < -0.3 is 0 Å². The Balaban J connectivity index is 2.67. The minimum absolute atomic E-state index is 0.154. The van der Waals surface area contributed by atoms with Crippen molar-refractivity contribution in [2.24, 2.45) is 0 Å². The molecule has 0 aliphatic carbocycles. The number of unbranched alkanes of at least 4 members (excludes halogenated alkanes) is 1. The zero-order valence-corrected chi connectivity index (χ0v) is 14.7. The monoisotopic (exact) mass is 368 g/mol. The van der Waals surface area contributed by atoms with E-state index in [1.807, 2.05) is 6.92 Å². The number of urea groups is 1. The second-order valence-electron chi connectivity index (χ2n) is 6.05. The number of carbonyl (C=O) groups excluding carboxylic acids is 3. The van der Waals surface area contributed by atoms with Gasteiger partial charge in [-0.15, -0.1) is 0 Å². The number of allylic oxidation sites excluding steroid dienone is 1. The summed E-state index contributed by atoms with van der Waals surface area (Å²) in [5.41, 5.74) is -0.749. The van der Waals surface area contributed by atoms with Gasteiger partial charge in [-0.2, -0.15) is 13.2 Å². The average Bonchev–Trinajstić information content (AvgIpc) is 2.60. The van der Waals surface area contributed by atoms with Crippen LogP contribution in [0, 0.1) is 0 Å². The third-order valence-electron chi connectivity index (χ3n) is 4.23. The molecule has 1 aliphatic rings. The molecule has 0 aromatic heterocycles. The van der Waals surface area contributed by atoms with Gasteiger partial charge in [0.15, 0.2) is 0 Å². The quantitative estimate of drug-likeness (QED) is 0.601. The van der Waals surface area contributed by atoms with Gasteiger partial charge in [0.05, 0.1) is 5.56 Å². The lowest BCUT2D eigenvalue weighted by molar-refractivity contribution is -0.137. The summed E-state index contributed by atoms with van der Waals surface area (Å²) in [6.45, 7) is 1.89. The van der Waals surface area contributed by atoms with Crippen molar-refractivity contribution in [1.82, 2.24) is 9.80 Å². The number of hydrogen-bond acceptors (Lipinski definition) is 3. The second kappa shape index (κ2) is 7.31. The summed E-state index contributed by atoms with van der Waals surface area (Å²) in [6.07, 6.45) is -2.99. The number of carbonyl (C=O) groups is 3. The standard InChI is InChI=1S/C18H19F3N2O3/c1-4-5-9-13(11-7-6-8-12(10-11)18(19,20)21)14-15(24)22(2)17(26)23(3)16(14)25/h6-8,10H,4-5,9H2,1-3H3. The Morgan fingerprint density at radius 1 is 1.04 bits per heavy atom. The number of imide groups is 2. The van der Waals surface area contributed by atoms with E-state index in [9.17, 15) is 27.6 Å². The van der Waals surface area contributed by atoms with Crippen molar-refractivity contribution < 1.29 is 27.6 Å². The Hall–Kier alpha value is -2.64. The maximum Gasteiger partial charge on any atom is 0.416 e. The molecule has 4 amide bonds. The van der Waals surface area contributed by atoms with E-state index < -0.39 is 29.6 Å². The first-order chi connectivity index (χ1) is 12.1. The van der Waals surface area contributed by atoms with Crippen LogP contribution in [0.25, 0.3) is 5.57 Å². The van der Waals surface area contributed by atoms with Crippen LogP contribution in [0.4, 0.5) is 18.0 Å². The molecule has 0 radical (unpaired) electrons. The van der Waals surface area contributed by atoms with Crippen LogP contribution in [0.1, 0.15) is 37.3 Å². The molecule has 1 aromatic rings. The fourth-order valence-electron chi connectivity index (χ4n) is 2.73. The lowest BCUT2D eigenvalue weighted by atomic mass is 9.91. The third kappa shape index (κ3) is 3.63. The van der Waals surface area contributed by atoms with Gasteiger partial charge in [0.25, 0.3) is 11.8 Å². The summed E-state index contributed by atoms with van der Waals surface area (Å²) in [5.74, 6) is -1.61. The largest absolute Gasteiger partial charge is 0.416 e. The molecule has 0 saturated carbocycles. The summed E-state index contributed by atoms with van der Waals surface area (Å²) in [5, 5.41) is 0. The minimum Gasteiger partial charge on any atom is -0.268 e. The first-order valence-corrected chi connectivity index (χ1v) is 8.10. The molecular weight excluding hydrogens is 349 g/mol.